The van der Waals surface area contributed by atoms with E-state index >= 15 is 0 Å². The average molecular weight is 117 g/mol. The smallest absolute Gasteiger partial charge is 0.107 e. The van der Waals surface area contributed by atoms with Crippen LogP contribution in [0.25, 0.3) is 0 Å². The average Bonchev–Trinajstić information content (AvgIpc) is 1.90. The Balaban J connectivity index is 2.48. The molecule has 0 aromatic heterocycles. The van der Waals surface area contributed by atoms with Crippen LogP contribution in [0.2, 0.25) is 0 Å². The lowest BCUT2D eigenvalue weighted by Crippen LogP contribution is -2.02. The summed E-state index contributed by atoms with van der Waals surface area (Å²) in [5.41, 5.74) is 0.946. The molecule has 0 aromatic carbocycles. The molecule has 1 rings (SSSR count). The molecular weight excluding hydrogens is 109 g/mol. The van der Waals surface area contributed by atoms with E-state index in [-0.39, 0.29) is 5.92 Å². The number of hydrogen-bond donors (Lipinski definition) is 0. The van der Waals surface area contributed by atoms with Crippen molar-refractivity contribution in [2.75, 3.05) is 0 Å². The van der Waals surface area contributed by atoms with Crippen molar-refractivity contribution in [2.45, 2.75) is 19.3 Å². The molecule has 0 heterocycles. The summed E-state index contributed by atoms with van der Waals surface area (Å²) < 4.78 is 0. The molecule has 0 spiro atoms. The van der Waals surface area contributed by atoms with Gasteiger partial charge in [-0.1, -0.05) is 6.08 Å². The normalized spacial score (nSPS) is 26.6. The van der Waals surface area contributed by atoms with E-state index < -0.39 is 0 Å². The van der Waals surface area contributed by atoms with Crippen LogP contribution in [0.1, 0.15) is 19.3 Å². The molecule has 44 valence electrons. The number of nitriles is 1. The molecule has 0 aliphatic heterocycles. The molecule has 0 bridgehead atoms. The fourth-order valence-corrected chi connectivity index (χ4v) is 0.972. The Morgan fingerprint density at radius 1 is 1.78 bits per heavy atom. The maximum Gasteiger partial charge on any atom is 0.107 e. The summed E-state index contributed by atoms with van der Waals surface area (Å²) in [7, 11) is 5.50. The topological polar surface area (TPSA) is 23.8 Å². The van der Waals surface area contributed by atoms with Crippen molar-refractivity contribution in [1.82, 2.24) is 0 Å². The fraction of sp³-hybridized carbons (Fsp3) is 0.571. The molecule has 1 atom stereocenters. The first kappa shape index (κ1) is 6.42. The minimum atomic E-state index is 0.220. The van der Waals surface area contributed by atoms with Crippen LogP contribution in [-0.2, 0) is 0 Å². The quantitative estimate of drug-likeness (QED) is 0.439. The summed E-state index contributed by atoms with van der Waals surface area (Å²) in [6.07, 6.45) is 4.65. The fourth-order valence-electron chi connectivity index (χ4n) is 0.972. The Morgan fingerprint density at radius 2 is 2.56 bits per heavy atom. The van der Waals surface area contributed by atoms with Crippen LogP contribution in [-0.4, -0.2) is 7.85 Å². The molecule has 0 saturated carbocycles. The Morgan fingerprint density at radius 3 is 3.00 bits per heavy atom. The second-order valence-corrected chi connectivity index (χ2v) is 2.38. The highest BCUT2D eigenvalue weighted by Crippen LogP contribution is 2.20. The molecule has 0 N–H and O–H groups in total. The molecule has 9 heavy (non-hydrogen) atoms. The van der Waals surface area contributed by atoms with Crippen molar-refractivity contribution in [1.29, 1.82) is 5.26 Å². The Hall–Kier alpha value is -0.705. The van der Waals surface area contributed by atoms with Gasteiger partial charge >= 0.3 is 0 Å². The third-order valence-corrected chi connectivity index (χ3v) is 1.63. The molecule has 0 aromatic rings. The van der Waals surface area contributed by atoms with Crippen molar-refractivity contribution in [3.8, 4) is 6.07 Å². The van der Waals surface area contributed by atoms with Gasteiger partial charge in [0.25, 0.3) is 0 Å². The van der Waals surface area contributed by atoms with Crippen LogP contribution in [0.4, 0.5) is 0 Å². The van der Waals surface area contributed by atoms with E-state index in [1.54, 1.807) is 0 Å². The SMILES string of the molecule is [B]C1=CCC(C#N)CC1. The maximum atomic E-state index is 8.46. The molecule has 0 fully saturated rings. The van der Waals surface area contributed by atoms with Gasteiger partial charge in [-0.05, 0) is 19.3 Å². The second-order valence-electron chi connectivity index (χ2n) is 2.38. The molecule has 2 heteroatoms. The van der Waals surface area contributed by atoms with Crippen molar-refractivity contribution in [3.05, 3.63) is 11.5 Å². The van der Waals surface area contributed by atoms with E-state index in [4.69, 9.17) is 13.1 Å². The van der Waals surface area contributed by atoms with E-state index in [1.165, 1.54) is 0 Å². The van der Waals surface area contributed by atoms with Gasteiger partial charge in [0, 0.05) is 0 Å². The van der Waals surface area contributed by atoms with Gasteiger partial charge < -0.3 is 0 Å². The van der Waals surface area contributed by atoms with Gasteiger partial charge in [-0.2, -0.15) is 5.26 Å². The first-order chi connectivity index (χ1) is 4.33. The summed E-state index contributed by atoms with van der Waals surface area (Å²) in [6, 6.07) is 2.22. The van der Waals surface area contributed by atoms with Crippen LogP contribution in [0, 0.1) is 17.2 Å². The van der Waals surface area contributed by atoms with Crippen molar-refractivity contribution >= 4 is 7.85 Å². The van der Waals surface area contributed by atoms with Crippen LogP contribution in [0.15, 0.2) is 11.5 Å². The molecule has 1 nitrogen and oxygen atoms in total. The third kappa shape index (κ3) is 1.60. The van der Waals surface area contributed by atoms with Crippen molar-refractivity contribution < 1.29 is 0 Å². The zero-order valence-corrected chi connectivity index (χ0v) is 5.30. The Labute approximate surface area is 56.8 Å². The highest BCUT2D eigenvalue weighted by atomic mass is 14.3. The molecule has 2 radical (unpaired) electrons. The number of nitrogens with zero attached hydrogens (tertiary/aromatic N) is 1. The molecule has 0 amide bonds. The zero-order chi connectivity index (χ0) is 6.69. The molecule has 1 aliphatic carbocycles. The van der Waals surface area contributed by atoms with Gasteiger partial charge in [-0.3, -0.25) is 0 Å². The first-order valence-electron chi connectivity index (χ1n) is 3.17. The van der Waals surface area contributed by atoms with Gasteiger partial charge in [-0.25, -0.2) is 0 Å². The number of rotatable bonds is 0. The van der Waals surface area contributed by atoms with Gasteiger partial charge in [0.05, 0.1) is 12.0 Å². The van der Waals surface area contributed by atoms with Gasteiger partial charge in [0.1, 0.15) is 7.85 Å². The number of hydrogen-bond acceptors (Lipinski definition) is 1. The maximum absolute atomic E-state index is 8.46. The van der Waals surface area contributed by atoms with E-state index in [0.717, 1.165) is 24.7 Å². The number of allylic oxidation sites excluding steroid dienone is 2. The first-order valence-corrected chi connectivity index (χ1v) is 3.17. The second kappa shape index (κ2) is 2.73. The minimum absolute atomic E-state index is 0.220. The standard InChI is InChI=1S/C7H8BN/c8-7-3-1-6(5-9)2-4-7/h3,6H,1-2,4H2. The molecular formula is C7H8BN. The van der Waals surface area contributed by atoms with Crippen molar-refractivity contribution in [3.63, 3.8) is 0 Å². The lowest BCUT2D eigenvalue weighted by molar-refractivity contribution is 0.590. The summed E-state index contributed by atoms with van der Waals surface area (Å²) in [6.45, 7) is 0. The van der Waals surface area contributed by atoms with E-state index in [2.05, 4.69) is 6.07 Å². The lowest BCUT2D eigenvalue weighted by atomic mass is 9.81. The highest BCUT2D eigenvalue weighted by Gasteiger charge is 2.09. The summed E-state index contributed by atoms with van der Waals surface area (Å²) >= 11 is 0. The summed E-state index contributed by atoms with van der Waals surface area (Å²) in [5, 5.41) is 8.46. The van der Waals surface area contributed by atoms with E-state index in [9.17, 15) is 0 Å². The van der Waals surface area contributed by atoms with Crippen LogP contribution in [0.5, 0.6) is 0 Å². The zero-order valence-electron chi connectivity index (χ0n) is 5.30. The predicted molar refractivity (Wildman–Crippen MR) is 36.8 cm³/mol. The van der Waals surface area contributed by atoms with Gasteiger partial charge in [0.15, 0.2) is 0 Å². The summed E-state index contributed by atoms with van der Waals surface area (Å²) in [5.74, 6) is 0.220. The predicted octanol–water partition coefficient (Wildman–Crippen LogP) is 1.36. The third-order valence-electron chi connectivity index (χ3n) is 1.63. The van der Waals surface area contributed by atoms with E-state index in [0.29, 0.717) is 0 Å². The highest BCUT2D eigenvalue weighted by molar-refractivity contribution is 6.21. The monoisotopic (exact) mass is 117 g/mol. The van der Waals surface area contributed by atoms with Crippen LogP contribution < -0.4 is 0 Å². The molecule has 1 unspecified atom stereocenters. The summed E-state index contributed by atoms with van der Waals surface area (Å²) in [4.78, 5) is 0. The van der Waals surface area contributed by atoms with Crippen LogP contribution >= 0.6 is 0 Å². The Kier molecular flexibility index (Phi) is 1.94. The Bertz CT molecular complexity index is 166. The van der Waals surface area contributed by atoms with Gasteiger partial charge in [-0.15, -0.1) is 5.47 Å². The van der Waals surface area contributed by atoms with Gasteiger partial charge in [0.2, 0.25) is 0 Å². The van der Waals surface area contributed by atoms with Crippen LogP contribution in [0.3, 0.4) is 0 Å². The molecule has 0 saturated heterocycles. The lowest BCUT2D eigenvalue weighted by Gasteiger charge is -2.12. The van der Waals surface area contributed by atoms with E-state index in [1.807, 2.05) is 6.08 Å². The van der Waals surface area contributed by atoms with Crippen molar-refractivity contribution in [2.24, 2.45) is 5.92 Å². The minimum Gasteiger partial charge on any atom is -0.198 e. The largest absolute Gasteiger partial charge is 0.198 e. The molecule has 1 aliphatic rings.